The molecule has 6 heteroatoms. The van der Waals surface area contributed by atoms with Crippen molar-refractivity contribution in [1.29, 1.82) is 0 Å². The summed E-state index contributed by atoms with van der Waals surface area (Å²) in [6.45, 7) is 4.35. The highest BCUT2D eigenvalue weighted by Crippen LogP contribution is 2.09. The average Bonchev–Trinajstić information content (AvgIpc) is 2.39. The van der Waals surface area contributed by atoms with Gasteiger partial charge in [0.05, 0.1) is 0 Å². The summed E-state index contributed by atoms with van der Waals surface area (Å²) in [5.74, 6) is -0.187. The summed E-state index contributed by atoms with van der Waals surface area (Å²) < 4.78 is 0. The molecule has 0 radical (unpaired) electrons. The van der Waals surface area contributed by atoms with Gasteiger partial charge >= 0.3 is 5.97 Å². The number of aliphatic carboxylic acids is 1. The first-order valence-electron chi connectivity index (χ1n) is 6.03. The van der Waals surface area contributed by atoms with Crippen molar-refractivity contribution in [2.24, 2.45) is 5.92 Å². The molecule has 6 nitrogen and oxygen atoms in total. The van der Waals surface area contributed by atoms with Crippen molar-refractivity contribution in [2.75, 3.05) is 12.4 Å². The molecule has 0 fully saturated rings. The summed E-state index contributed by atoms with van der Waals surface area (Å²) in [4.78, 5) is 19.3. The molecule has 1 rings (SSSR count). The first kappa shape index (κ1) is 14.4. The fourth-order valence-electron chi connectivity index (χ4n) is 1.57. The van der Waals surface area contributed by atoms with E-state index in [1.807, 2.05) is 13.8 Å². The molecule has 2 atom stereocenters. The van der Waals surface area contributed by atoms with Crippen LogP contribution >= 0.6 is 0 Å². The van der Waals surface area contributed by atoms with E-state index < -0.39 is 12.0 Å². The number of carboxylic acids is 1. The van der Waals surface area contributed by atoms with E-state index in [0.717, 1.165) is 12.0 Å². The normalized spacial score (nSPS) is 13.9. The van der Waals surface area contributed by atoms with Crippen LogP contribution in [0.5, 0.6) is 0 Å². The topological polar surface area (TPSA) is 87.1 Å². The quantitative estimate of drug-likeness (QED) is 0.674. The molecule has 0 aliphatic carbocycles. The van der Waals surface area contributed by atoms with Gasteiger partial charge in [0.1, 0.15) is 6.04 Å². The largest absolute Gasteiger partial charge is 0.480 e. The van der Waals surface area contributed by atoms with Crippen LogP contribution in [-0.2, 0) is 11.3 Å². The molecule has 0 saturated carbocycles. The molecular weight excluding hydrogens is 232 g/mol. The number of carbonyl (C=O) groups is 1. The Bertz CT molecular complexity index is 380. The smallest absolute Gasteiger partial charge is 0.320 e. The Balaban J connectivity index is 2.58. The molecular formula is C12H20N4O2. The van der Waals surface area contributed by atoms with Crippen LogP contribution in [0.3, 0.4) is 0 Å². The number of hydrogen-bond acceptors (Lipinski definition) is 5. The maximum Gasteiger partial charge on any atom is 0.320 e. The SMILES string of the molecule is CC[C@@H](C)[C@@H](NCc1cnc(NC)nc1)C(=O)O. The van der Waals surface area contributed by atoms with Crippen molar-refractivity contribution in [3.05, 3.63) is 18.0 Å². The van der Waals surface area contributed by atoms with Crippen molar-refractivity contribution in [2.45, 2.75) is 32.9 Å². The Morgan fingerprint density at radius 3 is 2.50 bits per heavy atom. The standard InChI is InChI=1S/C12H20N4O2/c1-4-8(2)10(11(17)18)14-5-9-6-15-12(13-3)16-7-9/h6-8,10,14H,4-5H2,1-3H3,(H,17,18)(H,13,15,16)/t8-,10-/m1/s1. The third-order valence-corrected chi connectivity index (χ3v) is 2.93. The fourth-order valence-corrected chi connectivity index (χ4v) is 1.57. The van der Waals surface area contributed by atoms with E-state index in [1.165, 1.54) is 0 Å². The van der Waals surface area contributed by atoms with E-state index in [2.05, 4.69) is 20.6 Å². The first-order valence-corrected chi connectivity index (χ1v) is 6.03. The Morgan fingerprint density at radius 2 is 2.06 bits per heavy atom. The lowest BCUT2D eigenvalue weighted by Crippen LogP contribution is -2.41. The highest BCUT2D eigenvalue weighted by Gasteiger charge is 2.22. The highest BCUT2D eigenvalue weighted by atomic mass is 16.4. The van der Waals surface area contributed by atoms with E-state index in [4.69, 9.17) is 5.11 Å². The summed E-state index contributed by atoms with van der Waals surface area (Å²) in [6, 6.07) is -0.543. The van der Waals surface area contributed by atoms with E-state index >= 15 is 0 Å². The minimum absolute atomic E-state index is 0.0833. The van der Waals surface area contributed by atoms with Gasteiger partial charge in [0.25, 0.3) is 0 Å². The van der Waals surface area contributed by atoms with Crippen LogP contribution in [0.15, 0.2) is 12.4 Å². The van der Waals surface area contributed by atoms with Gasteiger partial charge in [-0.3, -0.25) is 10.1 Å². The highest BCUT2D eigenvalue weighted by molar-refractivity contribution is 5.73. The van der Waals surface area contributed by atoms with Crippen LogP contribution in [0.1, 0.15) is 25.8 Å². The van der Waals surface area contributed by atoms with Gasteiger partial charge in [0.2, 0.25) is 5.95 Å². The maximum absolute atomic E-state index is 11.1. The zero-order valence-electron chi connectivity index (χ0n) is 11.0. The molecule has 0 spiro atoms. The number of carboxylic acid groups (broad SMARTS) is 1. The van der Waals surface area contributed by atoms with Crippen LogP contribution in [0.25, 0.3) is 0 Å². The van der Waals surface area contributed by atoms with E-state index in [1.54, 1.807) is 19.4 Å². The summed E-state index contributed by atoms with van der Waals surface area (Å²) in [5, 5.41) is 15.0. The second kappa shape index (κ2) is 6.90. The molecule has 0 bridgehead atoms. The van der Waals surface area contributed by atoms with Gasteiger partial charge in [-0.15, -0.1) is 0 Å². The van der Waals surface area contributed by atoms with Crippen molar-refractivity contribution < 1.29 is 9.90 Å². The van der Waals surface area contributed by atoms with Crippen molar-refractivity contribution >= 4 is 11.9 Å². The molecule has 0 saturated heterocycles. The lowest BCUT2D eigenvalue weighted by Gasteiger charge is -2.20. The Labute approximate surface area is 107 Å². The van der Waals surface area contributed by atoms with Crippen LogP contribution in [-0.4, -0.2) is 34.1 Å². The molecule has 1 aromatic rings. The van der Waals surface area contributed by atoms with Crippen LogP contribution in [0.4, 0.5) is 5.95 Å². The predicted molar refractivity (Wildman–Crippen MR) is 69.3 cm³/mol. The second-order valence-electron chi connectivity index (χ2n) is 4.25. The maximum atomic E-state index is 11.1. The van der Waals surface area contributed by atoms with Gasteiger partial charge in [-0.05, 0) is 5.92 Å². The summed E-state index contributed by atoms with van der Waals surface area (Å²) >= 11 is 0. The molecule has 0 aromatic carbocycles. The van der Waals surface area contributed by atoms with Crippen molar-refractivity contribution in [3.8, 4) is 0 Å². The van der Waals surface area contributed by atoms with E-state index in [9.17, 15) is 4.79 Å². The lowest BCUT2D eigenvalue weighted by atomic mass is 9.99. The third kappa shape index (κ3) is 3.96. The van der Waals surface area contributed by atoms with Crippen molar-refractivity contribution in [1.82, 2.24) is 15.3 Å². The lowest BCUT2D eigenvalue weighted by molar-refractivity contribution is -0.140. The minimum atomic E-state index is -0.822. The zero-order chi connectivity index (χ0) is 13.5. The van der Waals surface area contributed by atoms with Gasteiger partial charge in [0, 0.05) is 31.5 Å². The molecule has 0 aliphatic heterocycles. The molecule has 100 valence electrons. The zero-order valence-corrected chi connectivity index (χ0v) is 11.0. The van der Waals surface area contributed by atoms with Gasteiger partial charge < -0.3 is 10.4 Å². The molecule has 3 N–H and O–H groups in total. The van der Waals surface area contributed by atoms with Gasteiger partial charge in [0.15, 0.2) is 0 Å². The Kier molecular flexibility index (Phi) is 5.51. The third-order valence-electron chi connectivity index (χ3n) is 2.93. The van der Waals surface area contributed by atoms with Gasteiger partial charge in [-0.2, -0.15) is 0 Å². The number of rotatable bonds is 7. The molecule has 0 amide bonds. The number of anilines is 1. The number of aromatic nitrogens is 2. The summed E-state index contributed by atoms with van der Waals surface area (Å²) in [6.07, 6.45) is 4.18. The van der Waals surface area contributed by atoms with Crippen LogP contribution in [0, 0.1) is 5.92 Å². The molecule has 1 heterocycles. The van der Waals surface area contributed by atoms with Gasteiger partial charge in [-0.25, -0.2) is 9.97 Å². The molecule has 1 aromatic heterocycles. The first-order chi connectivity index (χ1) is 8.58. The molecule has 18 heavy (non-hydrogen) atoms. The number of hydrogen-bond donors (Lipinski definition) is 3. The van der Waals surface area contributed by atoms with E-state index in [-0.39, 0.29) is 5.92 Å². The Hall–Kier alpha value is -1.69. The second-order valence-corrected chi connectivity index (χ2v) is 4.25. The number of nitrogens with zero attached hydrogens (tertiary/aromatic N) is 2. The van der Waals surface area contributed by atoms with Gasteiger partial charge in [-0.1, -0.05) is 20.3 Å². The van der Waals surface area contributed by atoms with Crippen LogP contribution in [0.2, 0.25) is 0 Å². The molecule has 0 unspecified atom stereocenters. The summed E-state index contributed by atoms with van der Waals surface area (Å²) in [5.41, 5.74) is 0.864. The predicted octanol–water partition coefficient (Wildman–Crippen LogP) is 1.11. The monoisotopic (exact) mass is 252 g/mol. The van der Waals surface area contributed by atoms with E-state index in [0.29, 0.717) is 12.5 Å². The molecule has 0 aliphatic rings. The fraction of sp³-hybridized carbons (Fsp3) is 0.583. The van der Waals surface area contributed by atoms with Crippen molar-refractivity contribution in [3.63, 3.8) is 0 Å². The number of nitrogens with one attached hydrogen (secondary N) is 2. The summed E-state index contributed by atoms with van der Waals surface area (Å²) in [7, 11) is 1.75. The minimum Gasteiger partial charge on any atom is -0.480 e. The Morgan fingerprint density at radius 1 is 1.44 bits per heavy atom. The average molecular weight is 252 g/mol. The van der Waals surface area contributed by atoms with Crippen LogP contribution < -0.4 is 10.6 Å².